The summed E-state index contributed by atoms with van der Waals surface area (Å²) < 4.78 is 8.49. The molecular formula is C17H22N4O3. The Kier molecular flexibility index (Phi) is 5.10. The fourth-order valence-corrected chi connectivity index (χ4v) is 2.89. The molecule has 1 N–H and O–H groups in total. The first kappa shape index (κ1) is 16.4. The fourth-order valence-electron chi connectivity index (χ4n) is 2.89. The molecule has 0 fully saturated rings. The maximum atomic E-state index is 12.1. The first-order valence-electron chi connectivity index (χ1n) is 8.21. The van der Waals surface area contributed by atoms with Gasteiger partial charge in [0.2, 0.25) is 5.91 Å². The summed E-state index contributed by atoms with van der Waals surface area (Å²) in [4.78, 5) is 24.0. The Labute approximate surface area is 140 Å². The Hall–Kier alpha value is -2.41. The van der Waals surface area contributed by atoms with Crippen molar-refractivity contribution in [3.63, 3.8) is 0 Å². The number of nitrogens with zero attached hydrogens (tertiary/aromatic N) is 3. The minimum absolute atomic E-state index is 0.0837. The van der Waals surface area contributed by atoms with Crippen molar-refractivity contribution in [1.29, 1.82) is 0 Å². The van der Waals surface area contributed by atoms with Crippen molar-refractivity contribution in [2.24, 2.45) is 7.05 Å². The van der Waals surface area contributed by atoms with Crippen LogP contribution in [0.1, 0.15) is 30.3 Å². The molecule has 1 aliphatic heterocycles. The Morgan fingerprint density at radius 3 is 2.96 bits per heavy atom. The van der Waals surface area contributed by atoms with Gasteiger partial charge in [0, 0.05) is 13.6 Å². The second-order valence-electron chi connectivity index (χ2n) is 5.92. The lowest BCUT2D eigenvalue weighted by atomic mass is 10.1. The number of benzene rings is 1. The zero-order chi connectivity index (χ0) is 16.9. The van der Waals surface area contributed by atoms with Crippen molar-refractivity contribution in [3.05, 3.63) is 52.2 Å². The maximum absolute atomic E-state index is 12.1. The van der Waals surface area contributed by atoms with Crippen molar-refractivity contribution in [2.75, 3.05) is 13.2 Å². The largest absolute Gasteiger partial charge is 0.368 e. The molecule has 24 heavy (non-hydrogen) atoms. The lowest BCUT2D eigenvalue weighted by Gasteiger charge is -2.22. The lowest BCUT2D eigenvalue weighted by Crippen LogP contribution is -2.33. The molecule has 1 unspecified atom stereocenters. The molecule has 7 nitrogen and oxygen atoms in total. The molecule has 2 heterocycles. The highest BCUT2D eigenvalue weighted by atomic mass is 16.5. The number of hydrogen-bond donors (Lipinski definition) is 1. The van der Waals surface area contributed by atoms with E-state index >= 15 is 0 Å². The van der Waals surface area contributed by atoms with Gasteiger partial charge in [-0.05, 0) is 18.4 Å². The van der Waals surface area contributed by atoms with Gasteiger partial charge in [-0.15, -0.1) is 0 Å². The van der Waals surface area contributed by atoms with E-state index in [1.165, 1.54) is 10.2 Å². The molecule has 0 aliphatic carbocycles. The number of aryl methyl sites for hydroxylation is 2. The third-order valence-corrected chi connectivity index (χ3v) is 4.14. The molecule has 0 bridgehead atoms. The molecule has 7 heteroatoms. The van der Waals surface area contributed by atoms with E-state index in [0.29, 0.717) is 25.5 Å². The second-order valence-corrected chi connectivity index (χ2v) is 5.92. The van der Waals surface area contributed by atoms with Gasteiger partial charge < -0.3 is 10.1 Å². The zero-order valence-electron chi connectivity index (χ0n) is 13.8. The van der Waals surface area contributed by atoms with Crippen LogP contribution in [0.15, 0.2) is 35.1 Å². The number of carbonyl (C=O) groups is 1. The summed E-state index contributed by atoms with van der Waals surface area (Å²) in [6.45, 7) is 1.53. The van der Waals surface area contributed by atoms with Gasteiger partial charge in [0.15, 0.2) is 5.82 Å². The van der Waals surface area contributed by atoms with E-state index in [1.807, 2.05) is 18.2 Å². The number of ether oxygens (including phenoxy) is 1. The number of amides is 1. The van der Waals surface area contributed by atoms with E-state index in [2.05, 4.69) is 22.5 Å². The molecule has 2 aromatic rings. The highest BCUT2D eigenvalue weighted by Gasteiger charge is 2.27. The van der Waals surface area contributed by atoms with Crippen LogP contribution in [0.25, 0.3) is 0 Å². The van der Waals surface area contributed by atoms with E-state index in [4.69, 9.17) is 4.74 Å². The van der Waals surface area contributed by atoms with Crippen LogP contribution >= 0.6 is 0 Å². The fraction of sp³-hybridized carbons (Fsp3) is 0.471. The summed E-state index contributed by atoms with van der Waals surface area (Å²) in [5, 5.41) is 7.10. The van der Waals surface area contributed by atoms with Crippen LogP contribution in [0.2, 0.25) is 0 Å². The van der Waals surface area contributed by atoms with Gasteiger partial charge in [0.25, 0.3) is 0 Å². The van der Waals surface area contributed by atoms with Crippen LogP contribution in [0, 0.1) is 0 Å². The average Bonchev–Trinajstić information content (AvgIpc) is 2.89. The molecule has 0 radical (unpaired) electrons. The van der Waals surface area contributed by atoms with Gasteiger partial charge in [-0.25, -0.2) is 9.48 Å². The first-order valence-corrected chi connectivity index (χ1v) is 8.21. The predicted octanol–water partition coefficient (Wildman–Crippen LogP) is 0.792. The molecule has 0 spiro atoms. The van der Waals surface area contributed by atoms with Crippen LogP contribution in [-0.2, 0) is 29.5 Å². The number of rotatable bonds is 6. The predicted molar refractivity (Wildman–Crippen MR) is 88.6 cm³/mol. The Balaban J connectivity index is 1.48. The summed E-state index contributed by atoms with van der Waals surface area (Å²) >= 11 is 0. The number of carbonyl (C=O) groups excluding carboxylic acids is 1. The number of nitrogens with one attached hydrogen (secondary N) is 1. The van der Waals surface area contributed by atoms with Gasteiger partial charge in [0.1, 0.15) is 6.10 Å². The number of aromatic nitrogens is 3. The van der Waals surface area contributed by atoms with Gasteiger partial charge in [-0.2, -0.15) is 5.10 Å². The monoisotopic (exact) mass is 330 g/mol. The molecule has 1 aromatic heterocycles. The standard InChI is InChI=1S/C17H22N4O3/c1-20-17(23)21-10-11-24-14(16(21)19-20)12-15(22)18-9-5-8-13-6-3-2-4-7-13/h2-4,6-7,14H,5,8-12H2,1H3,(H,18,22). The van der Waals surface area contributed by atoms with Crippen LogP contribution in [0.3, 0.4) is 0 Å². The van der Waals surface area contributed by atoms with Crippen molar-refractivity contribution < 1.29 is 9.53 Å². The van der Waals surface area contributed by atoms with Crippen molar-refractivity contribution in [2.45, 2.75) is 31.9 Å². The topological polar surface area (TPSA) is 78.2 Å². The van der Waals surface area contributed by atoms with Crippen molar-refractivity contribution in [3.8, 4) is 0 Å². The minimum atomic E-state index is -0.457. The SMILES string of the molecule is Cn1nc2n(c1=O)CCOC2CC(=O)NCCCc1ccccc1. The van der Waals surface area contributed by atoms with E-state index in [1.54, 1.807) is 11.6 Å². The van der Waals surface area contributed by atoms with Crippen LogP contribution in [-0.4, -0.2) is 33.4 Å². The summed E-state index contributed by atoms with van der Waals surface area (Å²) in [5.41, 5.74) is 1.10. The number of fused-ring (bicyclic) bond motifs is 1. The molecule has 1 atom stereocenters. The molecule has 1 amide bonds. The Morgan fingerprint density at radius 1 is 1.38 bits per heavy atom. The molecule has 0 saturated heterocycles. The zero-order valence-corrected chi connectivity index (χ0v) is 13.8. The molecular weight excluding hydrogens is 308 g/mol. The number of hydrogen-bond acceptors (Lipinski definition) is 4. The van der Waals surface area contributed by atoms with E-state index in [-0.39, 0.29) is 18.0 Å². The van der Waals surface area contributed by atoms with Gasteiger partial charge in [-0.1, -0.05) is 30.3 Å². The minimum Gasteiger partial charge on any atom is -0.368 e. The Bertz CT molecular complexity index is 751. The molecule has 1 aromatic carbocycles. The van der Waals surface area contributed by atoms with Crippen molar-refractivity contribution in [1.82, 2.24) is 19.7 Å². The summed E-state index contributed by atoms with van der Waals surface area (Å²) in [5.74, 6) is 0.452. The highest BCUT2D eigenvalue weighted by Crippen LogP contribution is 2.21. The first-order chi connectivity index (χ1) is 11.6. The maximum Gasteiger partial charge on any atom is 0.345 e. The third kappa shape index (κ3) is 3.73. The quantitative estimate of drug-likeness (QED) is 0.795. The molecule has 128 valence electrons. The van der Waals surface area contributed by atoms with Gasteiger partial charge in [-0.3, -0.25) is 9.36 Å². The lowest BCUT2D eigenvalue weighted by molar-refractivity contribution is -0.125. The van der Waals surface area contributed by atoms with E-state index < -0.39 is 6.10 Å². The second kappa shape index (κ2) is 7.44. The van der Waals surface area contributed by atoms with E-state index in [9.17, 15) is 9.59 Å². The highest BCUT2D eigenvalue weighted by molar-refractivity contribution is 5.76. The van der Waals surface area contributed by atoms with Crippen molar-refractivity contribution >= 4 is 5.91 Å². The van der Waals surface area contributed by atoms with Gasteiger partial charge in [0.05, 0.1) is 19.6 Å². The normalized spacial score (nSPS) is 16.6. The van der Waals surface area contributed by atoms with Gasteiger partial charge >= 0.3 is 5.69 Å². The van der Waals surface area contributed by atoms with Crippen LogP contribution < -0.4 is 11.0 Å². The third-order valence-electron chi connectivity index (χ3n) is 4.14. The smallest absolute Gasteiger partial charge is 0.345 e. The molecule has 0 saturated carbocycles. The molecule has 3 rings (SSSR count). The van der Waals surface area contributed by atoms with Crippen LogP contribution in [0.4, 0.5) is 0 Å². The Morgan fingerprint density at radius 2 is 2.17 bits per heavy atom. The average molecular weight is 330 g/mol. The van der Waals surface area contributed by atoms with E-state index in [0.717, 1.165) is 12.8 Å². The molecule has 1 aliphatic rings. The van der Waals surface area contributed by atoms with Crippen LogP contribution in [0.5, 0.6) is 0 Å². The summed E-state index contributed by atoms with van der Waals surface area (Å²) in [7, 11) is 1.61. The summed E-state index contributed by atoms with van der Waals surface area (Å²) in [6.07, 6.45) is 1.54. The summed E-state index contributed by atoms with van der Waals surface area (Å²) in [6, 6.07) is 10.2.